The highest BCUT2D eigenvalue weighted by atomic mass is 16.5. The van der Waals surface area contributed by atoms with E-state index in [2.05, 4.69) is 23.3 Å². The maximum Gasteiger partial charge on any atom is 0.137 e. The summed E-state index contributed by atoms with van der Waals surface area (Å²) in [7, 11) is 0. The van der Waals surface area contributed by atoms with Gasteiger partial charge in [0.25, 0.3) is 0 Å². The molecule has 3 rings (SSSR count). The zero-order chi connectivity index (χ0) is 12.4. The molecule has 3 nitrogen and oxygen atoms in total. The molecule has 1 unspecified atom stereocenters. The Balaban J connectivity index is 1.55. The maximum absolute atomic E-state index is 5.80. The second-order valence-electron chi connectivity index (χ2n) is 5.60. The van der Waals surface area contributed by atoms with E-state index in [1.807, 2.05) is 12.4 Å². The third-order valence-electron chi connectivity index (χ3n) is 4.12. The molecule has 3 atom stereocenters. The molecule has 1 saturated heterocycles. The molecule has 0 amide bonds. The summed E-state index contributed by atoms with van der Waals surface area (Å²) in [4.78, 5) is 4.32. The fourth-order valence-electron chi connectivity index (χ4n) is 2.75. The number of ether oxygens (including phenoxy) is 1. The van der Waals surface area contributed by atoms with E-state index in [4.69, 9.17) is 4.74 Å². The van der Waals surface area contributed by atoms with Crippen LogP contribution in [0.5, 0.6) is 5.75 Å². The fourth-order valence-corrected chi connectivity index (χ4v) is 2.75. The standard InChI is InChI=1S/C15H22N2O/c1-2-3-11-7-15(11)12-6-14(9-16-8-12)18-10-13-4-5-17-13/h6,8-9,11,13,15,17H,2-5,7,10H2,1H3/t11-,13-,15?/m0/s1. The van der Waals surface area contributed by atoms with Crippen LogP contribution in [0.25, 0.3) is 0 Å². The van der Waals surface area contributed by atoms with Gasteiger partial charge >= 0.3 is 0 Å². The van der Waals surface area contributed by atoms with Crippen molar-refractivity contribution in [3.05, 3.63) is 24.0 Å². The van der Waals surface area contributed by atoms with Crippen LogP contribution >= 0.6 is 0 Å². The average Bonchev–Trinajstić information content (AvgIpc) is 3.07. The van der Waals surface area contributed by atoms with E-state index in [-0.39, 0.29) is 0 Å². The van der Waals surface area contributed by atoms with Crippen molar-refractivity contribution in [1.82, 2.24) is 10.3 Å². The molecule has 1 aromatic heterocycles. The molecule has 98 valence electrons. The summed E-state index contributed by atoms with van der Waals surface area (Å²) in [5.41, 5.74) is 1.37. The zero-order valence-electron chi connectivity index (χ0n) is 11.1. The monoisotopic (exact) mass is 246 g/mol. The summed E-state index contributed by atoms with van der Waals surface area (Å²) in [5.74, 6) is 2.56. The summed E-state index contributed by atoms with van der Waals surface area (Å²) in [5, 5.41) is 3.34. The molecule has 0 aromatic carbocycles. The van der Waals surface area contributed by atoms with Gasteiger partial charge in [-0.2, -0.15) is 0 Å². The van der Waals surface area contributed by atoms with Crippen LogP contribution in [0.3, 0.4) is 0 Å². The molecule has 18 heavy (non-hydrogen) atoms. The van der Waals surface area contributed by atoms with E-state index < -0.39 is 0 Å². The fraction of sp³-hybridized carbons (Fsp3) is 0.667. The largest absolute Gasteiger partial charge is 0.490 e. The SMILES string of the molecule is CCC[C@H]1CC1c1cncc(OC[C@@H]2CCN2)c1. The summed E-state index contributed by atoms with van der Waals surface area (Å²) in [6.45, 7) is 4.17. The van der Waals surface area contributed by atoms with E-state index >= 15 is 0 Å². The van der Waals surface area contributed by atoms with Gasteiger partial charge < -0.3 is 10.1 Å². The van der Waals surface area contributed by atoms with Crippen LogP contribution in [0, 0.1) is 5.92 Å². The van der Waals surface area contributed by atoms with Gasteiger partial charge in [-0.05, 0) is 42.9 Å². The first-order valence-corrected chi connectivity index (χ1v) is 7.18. The molecule has 0 spiro atoms. The lowest BCUT2D eigenvalue weighted by Crippen LogP contribution is -2.46. The number of aromatic nitrogens is 1. The Morgan fingerprint density at radius 2 is 2.33 bits per heavy atom. The summed E-state index contributed by atoms with van der Waals surface area (Å²) < 4.78 is 5.80. The Kier molecular flexibility index (Phi) is 3.50. The summed E-state index contributed by atoms with van der Waals surface area (Å²) in [6, 6.07) is 2.73. The van der Waals surface area contributed by atoms with Gasteiger partial charge in [-0.3, -0.25) is 4.98 Å². The summed E-state index contributed by atoms with van der Waals surface area (Å²) in [6.07, 6.45) is 9.05. The van der Waals surface area contributed by atoms with Crippen LogP contribution in [-0.4, -0.2) is 24.2 Å². The molecule has 1 N–H and O–H groups in total. The predicted molar refractivity (Wildman–Crippen MR) is 71.9 cm³/mol. The number of pyridine rings is 1. The third kappa shape index (κ3) is 2.66. The van der Waals surface area contributed by atoms with Gasteiger partial charge in [-0.1, -0.05) is 19.8 Å². The van der Waals surface area contributed by atoms with Crippen molar-refractivity contribution in [2.75, 3.05) is 13.2 Å². The molecule has 1 aliphatic carbocycles. The van der Waals surface area contributed by atoms with Crippen LogP contribution in [0.15, 0.2) is 18.5 Å². The lowest BCUT2D eigenvalue weighted by Gasteiger charge is -2.27. The lowest BCUT2D eigenvalue weighted by molar-refractivity contribution is 0.217. The molecule has 0 radical (unpaired) electrons. The molecule has 3 heteroatoms. The topological polar surface area (TPSA) is 34.1 Å². The predicted octanol–water partition coefficient (Wildman–Crippen LogP) is 2.73. The van der Waals surface area contributed by atoms with Crippen molar-refractivity contribution in [1.29, 1.82) is 0 Å². The van der Waals surface area contributed by atoms with Crippen molar-refractivity contribution < 1.29 is 4.74 Å². The minimum Gasteiger partial charge on any atom is -0.490 e. The van der Waals surface area contributed by atoms with Crippen molar-refractivity contribution in [2.24, 2.45) is 5.92 Å². The molecule has 0 bridgehead atoms. The molecule has 1 aliphatic heterocycles. The van der Waals surface area contributed by atoms with E-state index in [9.17, 15) is 0 Å². The second-order valence-corrected chi connectivity index (χ2v) is 5.60. The normalized spacial score (nSPS) is 29.7. The number of rotatable bonds is 6. The van der Waals surface area contributed by atoms with Crippen LogP contribution in [0.4, 0.5) is 0 Å². The summed E-state index contributed by atoms with van der Waals surface area (Å²) >= 11 is 0. The molecule has 1 saturated carbocycles. The van der Waals surface area contributed by atoms with Gasteiger partial charge in [0.05, 0.1) is 6.20 Å². The molecular formula is C15H22N2O. The highest BCUT2D eigenvalue weighted by Crippen LogP contribution is 2.50. The Labute approximate surface area is 109 Å². The smallest absolute Gasteiger partial charge is 0.137 e. The first kappa shape index (κ1) is 12.0. The van der Waals surface area contributed by atoms with Gasteiger partial charge in [0.1, 0.15) is 12.4 Å². The molecular weight excluding hydrogens is 224 g/mol. The van der Waals surface area contributed by atoms with Gasteiger partial charge in [0.2, 0.25) is 0 Å². The Morgan fingerprint density at radius 3 is 3.06 bits per heavy atom. The van der Waals surface area contributed by atoms with E-state index in [1.54, 1.807) is 0 Å². The van der Waals surface area contributed by atoms with Crippen molar-refractivity contribution >= 4 is 0 Å². The van der Waals surface area contributed by atoms with Gasteiger partial charge in [0, 0.05) is 12.2 Å². The van der Waals surface area contributed by atoms with Crippen molar-refractivity contribution in [3.63, 3.8) is 0 Å². The number of nitrogens with one attached hydrogen (secondary N) is 1. The Hall–Kier alpha value is -1.09. The van der Waals surface area contributed by atoms with E-state index in [0.717, 1.165) is 30.7 Å². The highest BCUT2D eigenvalue weighted by Gasteiger charge is 2.37. The van der Waals surface area contributed by atoms with Gasteiger partial charge in [0.15, 0.2) is 0 Å². The molecule has 2 fully saturated rings. The van der Waals surface area contributed by atoms with Crippen LogP contribution in [0.1, 0.15) is 44.1 Å². The van der Waals surface area contributed by atoms with Crippen LogP contribution < -0.4 is 10.1 Å². The first-order chi connectivity index (χ1) is 8.86. The quantitative estimate of drug-likeness (QED) is 0.838. The number of nitrogens with zero attached hydrogens (tertiary/aromatic N) is 1. The van der Waals surface area contributed by atoms with Crippen LogP contribution in [0.2, 0.25) is 0 Å². The Bertz CT molecular complexity index is 403. The van der Waals surface area contributed by atoms with Crippen LogP contribution in [-0.2, 0) is 0 Å². The number of hydrogen-bond acceptors (Lipinski definition) is 3. The van der Waals surface area contributed by atoms with E-state index in [1.165, 1.54) is 31.2 Å². The zero-order valence-corrected chi connectivity index (χ0v) is 11.1. The van der Waals surface area contributed by atoms with Gasteiger partial charge in [-0.15, -0.1) is 0 Å². The molecule has 1 aromatic rings. The minimum absolute atomic E-state index is 0.544. The highest BCUT2D eigenvalue weighted by molar-refractivity contribution is 5.30. The third-order valence-corrected chi connectivity index (χ3v) is 4.12. The molecule has 2 heterocycles. The molecule has 2 aliphatic rings. The lowest BCUT2D eigenvalue weighted by atomic mass is 10.1. The van der Waals surface area contributed by atoms with Gasteiger partial charge in [-0.25, -0.2) is 0 Å². The first-order valence-electron chi connectivity index (χ1n) is 7.18. The second kappa shape index (κ2) is 5.27. The van der Waals surface area contributed by atoms with Crippen molar-refractivity contribution in [3.8, 4) is 5.75 Å². The number of hydrogen-bond donors (Lipinski definition) is 1. The minimum atomic E-state index is 0.544. The van der Waals surface area contributed by atoms with Crippen molar-refractivity contribution in [2.45, 2.75) is 44.6 Å². The Morgan fingerprint density at radius 1 is 1.44 bits per heavy atom. The average molecular weight is 246 g/mol. The van der Waals surface area contributed by atoms with E-state index in [0.29, 0.717) is 6.04 Å². The maximum atomic E-state index is 5.80.